The molecule has 0 aliphatic carbocycles. The molecule has 0 bridgehead atoms. The molecule has 0 saturated carbocycles. The number of carbonyl (C=O) groups is 1. The SMILES string of the molecule is C[C@@H]1CCCCO[C@H](CN(C)Cc2ccncc2)[C@H](C)CN([C@H](C)CO)C(=O)c2cc(NS(=O)(=O)c3ccc(Cl)cc3)ccc2O1. The summed E-state index contributed by atoms with van der Waals surface area (Å²) in [5.74, 6) is -0.101. The van der Waals surface area contributed by atoms with Crippen LogP contribution in [0.15, 0.2) is 71.9 Å². The van der Waals surface area contributed by atoms with Crippen LogP contribution in [0.3, 0.4) is 0 Å². The van der Waals surface area contributed by atoms with Gasteiger partial charge in [-0.15, -0.1) is 0 Å². The molecule has 4 atom stereocenters. The normalized spacial score (nSPS) is 20.8. The van der Waals surface area contributed by atoms with Gasteiger partial charge in [-0.2, -0.15) is 0 Å². The van der Waals surface area contributed by atoms with Gasteiger partial charge in [0.15, 0.2) is 0 Å². The standard InChI is InChI=1S/C34H45ClN4O6S/c1-24-20-39(25(2)23-40)34(41)31-19-29(37-46(42,43)30-11-8-28(35)9-12-30)10-13-32(31)45-26(3)7-5-6-18-44-33(24)22-38(4)21-27-14-16-36-17-15-27/h8-17,19,24-26,33,37,40H,5-7,18,20-23H2,1-4H3/t24-,25-,26-,33-/m1/s1. The van der Waals surface area contributed by atoms with E-state index in [-0.39, 0.29) is 46.8 Å². The fourth-order valence-electron chi connectivity index (χ4n) is 5.45. The minimum Gasteiger partial charge on any atom is -0.490 e. The topological polar surface area (TPSA) is 121 Å². The van der Waals surface area contributed by atoms with Gasteiger partial charge in [-0.1, -0.05) is 18.5 Å². The lowest BCUT2D eigenvalue weighted by Crippen LogP contribution is -2.47. The van der Waals surface area contributed by atoms with Gasteiger partial charge >= 0.3 is 0 Å². The highest BCUT2D eigenvalue weighted by Gasteiger charge is 2.30. The Labute approximate surface area is 277 Å². The summed E-state index contributed by atoms with van der Waals surface area (Å²) in [4.78, 5) is 22.3. The van der Waals surface area contributed by atoms with E-state index in [1.807, 2.05) is 26.1 Å². The molecule has 0 radical (unpaired) electrons. The minimum absolute atomic E-state index is 0.0393. The number of anilines is 1. The second-order valence-electron chi connectivity index (χ2n) is 12.1. The molecule has 2 heterocycles. The lowest BCUT2D eigenvalue weighted by molar-refractivity contribution is -0.0177. The van der Waals surface area contributed by atoms with Crippen molar-refractivity contribution in [2.24, 2.45) is 5.92 Å². The number of rotatable bonds is 9. The highest BCUT2D eigenvalue weighted by atomic mass is 35.5. The molecule has 2 N–H and O–H groups in total. The lowest BCUT2D eigenvalue weighted by Gasteiger charge is -2.36. The van der Waals surface area contributed by atoms with Gasteiger partial charge in [0.2, 0.25) is 0 Å². The molecule has 0 fully saturated rings. The number of hydrogen-bond acceptors (Lipinski definition) is 8. The van der Waals surface area contributed by atoms with Crippen molar-refractivity contribution in [2.45, 2.75) is 69.7 Å². The molecule has 0 saturated heterocycles. The quantitative estimate of drug-likeness (QED) is 0.307. The number of fused-ring (bicyclic) bond motifs is 1. The van der Waals surface area contributed by atoms with Crippen molar-refractivity contribution < 1.29 is 27.8 Å². The predicted octanol–water partition coefficient (Wildman–Crippen LogP) is 5.46. The number of aliphatic hydroxyl groups is 1. The lowest BCUT2D eigenvalue weighted by atomic mass is 10.0. The number of benzene rings is 2. The van der Waals surface area contributed by atoms with Crippen LogP contribution < -0.4 is 9.46 Å². The molecule has 46 heavy (non-hydrogen) atoms. The Morgan fingerprint density at radius 2 is 1.83 bits per heavy atom. The molecule has 1 aliphatic rings. The summed E-state index contributed by atoms with van der Waals surface area (Å²) in [6.07, 6.45) is 5.67. The van der Waals surface area contributed by atoms with E-state index in [2.05, 4.69) is 21.5 Å². The van der Waals surface area contributed by atoms with Crippen molar-refractivity contribution in [2.75, 3.05) is 38.1 Å². The van der Waals surface area contributed by atoms with E-state index < -0.39 is 16.1 Å². The molecule has 1 aromatic heterocycles. The summed E-state index contributed by atoms with van der Waals surface area (Å²) < 4.78 is 41.6. The van der Waals surface area contributed by atoms with Gasteiger partial charge < -0.3 is 19.5 Å². The fourth-order valence-corrected chi connectivity index (χ4v) is 6.62. The zero-order valence-corrected chi connectivity index (χ0v) is 28.5. The second-order valence-corrected chi connectivity index (χ2v) is 14.2. The van der Waals surface area contributed by atoms with Crippen LogP contribution in [0.5, 0.6) is 5.75 Å². The maximum atomic E-state index is 14.3. The highest BCUT2D eigenvalue weighted by molar-refractivity contribution is 7.92. The van der Waals surface area contributed by atoms with Gasteiger partial charge in [-0.3, -0.25) is 19.4 Å². The molecule has 4 rings (SSSR count). The van der Waals surface area contributed by atoms with Gasteiger partial charge in [0.25, 0.3) is 15.9 Å². The number of aromatic nitrogens is 1. The van der Waals surface area contributed by atoms with E-state index in [1.165, 1.54) is 30.3 Å². The Kier molecular flexibility index (Phi) is 12.8. The fraction of sp³-hybridized carbons (Fsp3) is 0.471. The van der Waals surface area contributed by atoms with Crippen LogP contribution in [-0.4, -0.2) is 85.8 Å². The molecule has 250 valence electrons. The number of nitrogens with zero attached hydrogens (tertiary/aromatic N) is 3. The van der Waals surface area contributed by atoms with Crippen molar-refractivity contribution in [3.05, 3.63) is 83.1 Å². The molecular weight excluding hydrogens is 628 g/mol. The Bertz CT molecular complexity index is 1530. The third-order valence-electron chi connectivity index (χ3n) is 8.12. The van der Waals surface area contributed by atoms with Crippen LogP contribution >= 0.6 is 11.6 Å². The van der Waals surface area contributed by atoms with Crippen LogP contribution in [0.25, 0.3) is 0 Å². The van der Waals surface area contributed by atoms with Crippen molar-refractivity contribution in [3.8, 4) is 5.75 Å². The van der Waals surface area contributed by atoms with Crippen LogP contribution in [-0.2, 0) is 21.3 Å². The van der Waals surface area contributed by atoms with E-state index >= 15 is 0 Å². The summed E-state index contributed by atoms with van der Waals surface area (Å²) >= 11 is 5.95. The second kappa shape index (κ2) is 16.6. The predicted molar refractivity (Wildman–Crippen MR) is 180 cm³/mol. The molecule has 0 unspecified atom stereocenters. The molecule has 12 heteroatoms. The maximum absolute atomic E-state index is 14.3. The van der Waals surface area contributed by atoms with Gasteiger partial charge in [-0.25, -0.2) is 8.42 Å². The molecule has 3 aromatic rings. The zero-order chi connectivity index (χ0) is 33.3. The van der Waals surface area contributed by atoms with Crippen LogP contribution in [0.1, 0.15) is 56.0 Å². The first-order chi connectivity index (χ1) is 22.0. The van der Waals surface area contributed by atoms with Crippen molar-refractivity contribution in [1.82, 2.24) is 14.8 Å². The number of nitrogens with one attached hydrogen (secondary N) is 1. The largest absolute Gasteiger partial charge is 0.490 e. The van der Waals surface area contributed by atoms with Crippen molar-refractivity contribution in [3.63, 3.8) is 0 Å². The summed E-state index contributed by atoms with van der Waals surface area (Å²) in [5.41, 5.74) is 1.56. The van der Waals surface area contributed by atoms with E-state index in [4.69, 9.17) is 21.1 Å². The number of pyridine rings is 1. The first-order valence-corrected chi connectivity index (χ1v) is 17.5. The van der Waals surface area contributed by atoms with Gasteiger partial charge in [0.05, 0.1) is 35.3 Å². The van der Waals surface area contributed by atoms with Crippen molar-refractivity contribution >= 4 is 33.2 Å². The number of likely N-dealkylation sites (N-methyl/N-ethyl adjacent to an activating group) is 1. The summed E-state index contributed by atoms with van der Waals surface area (Å²) in [6.45, 7) is 7.80. The van der Waals surface area contributed by atoms with Crippen LogP contribution in [0.4, 0.5) is 5.69 Å². The number of ether oxygens (including phenoxy) is 2. The first-order valence-electron chi connectivity index (χ1n) is 15.7. The average molecular weight is 673 g/mol. The number of carbonyl (C=O) groups excluding carboxylic acids is 1. The number of hydrogen-bond donors (Lipinski definition) is 2. The summed E-state index contributed by atoms with van der Waals surface area (Å²) in [5, 5.41) is 10.6. The number of sulfonamides is 1. The molecule has 2 aromatic carbocycles. The average Bonchev–Trinajstić information content (AvgIpc) is 3.03. The molecule has 10 nitrogen and oxygen atoms in total. The highest BCUT2D eigenvalue weighted by Crippen LogP contribution is 2.30. The van der Waals surface area contributed by atoms with Crippen LogP contribution in [0.2, 0.25) is 5.02 Å². The van der Waals surface area contributed by atoms with Crippen molar-refractivity contribution in [1.29, 1.82) is 0 Å². The third-order valence-corrected chi connectivity index (χ3v) is 9.77. The Hall–Kier alpha value is -3.22. The van der Waals surface area contributed by atoms with E-state index in [0.29, 0.717) is 30.5 Å². The third kappa shape index (κ3) is 9.89. The molecule has 0 spiro atoms. The number of halogens is 1. The number of amides is 1. The maximum Gasteiger partial charge on any atom is 0.261 e. The Balaban J connectivity index is 1.64. The van der Waals surface area contributed by atoms with Gasteiger partial charge in [-0.05, 0) is 100 Å². The Morgan fingerprint density at radius 1 is 1.11 bits per heavy atom. The molecular formula is C34H45ClN4O6S. The monoisotopic (exact) mass is 672 g/mol. The molecule has 1 amide bonds. The van der Waals surface area contributed by atoms with E-state index in [9.17, 15) is 18.3 Å². The summed E-state index contributed by atoms with van der Waals surface area (Å²) in [7, 11) is -1.91. The summed E-state index contributed by atoms with van der Waals surface area (Å²) in [6, 6.07) is 14.0. The van der Waals surface area contributed by atoms with Crippen LogP contribution in [0, 0.1) is 5.92 Å². The Morgan fingerprint density at radius 3 is 2.52 bits per heavy atom. The van der Waals surface area contributed by atoms with Gasteiger partial charge in [0, 0.05) is 55.3 Å². The zero-order valence-electron chi connectivity index (χ0n) is 26.9. The van der Waals surface area contributed by atoms with E-state index in [0.717, 1.165) is 31.4 Å². The number of aliphatic hydroxyl groups excluding tert-OH is 1. The smallest absolute Gasteiger partial charge is 0.261 e. The van der Waals surface area contributed by atoms with Gasteiger partial charge in [0.1, 0.15) is 5.75 Å². The molecule has 1 aliphatic heterocycles. The minimum atomic E-state index is -3.96. The first kappa shape index (κ1) is 35.6. The van der Waals surface area contributed by atoms with E-state index in [1.54, 1.807) is 36.4 Å².